The van der Waals surface area contributed by atoms with Gasteiger partial charge in [-0.05, 0) is 13.0 Å². The minimum Gasteiger partial charge on any atom is -0.338 e. The smallest absolute Gasteiger partial charge is 0.321 e. The van der Waals surface area contributed by atoms with Gasteiger partial charge in [0, 0.05) is 12.6 Å². The van der Waals surface area contributed by atoms with E-state index in [1.807, 2.05) is 6.92 Å². The van der Waals surface area contributed by atoms with Crippen molar-refractivity contribution >= 4 is 11.7 Å². The zero-order valence-corrected chi connectivity index (χ0v) is 9.08. The van der Waals surface area contributed by atoms with Gasteiger partial charge in [-0.2, -0.15) is 4.98 Å². The summed E-state index contributed by atoms with van der Waals surface area (Å²) in [5.41, 5.74) is 0.293. The molecule has 1 heterocycles. The van der Waals surface area contributed by atoms with Gasteiger partial charge in [0.25, 0.3) is 5.69 Å². The minimum atomic E-state index is -0.474. The average Bonchev–Trinajstić information content (AvgIpc) is 2.78. The summed E-state index contributed by atoms with van der Waals surface area (Å²) in [5, 5.41) is 17.4. The summed E-state index contributed by atoms with van der Waals surface area (Å²) in [4.78, 5) is 14.4. The second-order valence-corrected chi connectivity index (χ2v) is 3.23. The number of benzene rings is 1. The Morgan fingerprint density at radius 2 is 2.24 bits per heavy atom. The maximum Gasteiger partial charge on any atom is 0.321 e. The number of para-hydroxylation sites is 1. The lowest BCUT2D eigenvalue weighted by Gasteiger charge is -1.96. The Balaban J connectivity index is 2.41. The van der Waals surface area contributed by atoms with Crippen LogP contribution in [-0.4, -0.2) is 21.6 Å². The lowest BCUT2D eigenvalue weighted by Crippen LogP contribution is -1.96. The summed E-state index contributed by atoms with van der Waals surface area (Å²) in [6.07, 6.45) is 0. The normalized spacial score (nSPS) is 10.2. The number of rotatable bonds is 4. The highest BCUT2D eigenvalue weighted by molar-refractivity contribution is 5.67. The Kier molecular flexibility index (Phi) is 2.99. The first-order valence-corrected chi connectivity index (χ1v) is 5.03. The van der Waals surface area contributed by atoms with E-state index in [9.17, 15) is 10.1 Å². The number of anilines is 1. The van der Waals surface area contributed by atoms with Crippen LogP contribution in [0.2, 0.25) is 0 Å². The van der Waals surface area contributed by atoms with Gasteiger partial charge in [-0.3, -0.25) is 10.1 Å². The van der Waals surface area contributed by atoms with E-state index in [4.69, 9.17) is 4.52 Å². The molecule has 1 aromatic heterocycles. The molecule has 2 rings (SSSR count). The largest absolute Gasteiger partial charge is 0.338 e. The van der Waals surface area contributed by atoms with Crippen molar-refractivity contribution in [3.05, 3.63) is 34.4 Å². The monoisotopic (exact) mass is 234 g/mol. The van der Waals surface area contributed by atoms with Crippen LogP contribution in [0.3, 0.4) is 0 Å². The van der Waals surface area contributed by atoms with Crippen LogP contribution in [0.1, 0.15) is 6.92 Å². The summed E-state index contributed by atoms with van der Waals surface area (Å²) in [5.74, 6) is 0.202. The fourth-order valence-corrected chi connectivity index (χ4v) is 1.38. The predicted molar refractivity (Wildman–Crippen MR) is 60.6 cm³/mol. The number of nitrogens with one attached hydrogen (secondary N) is 1. The van der Waals surface area contributed by atoms with Crippen molar-refractivity contribution in [1.82, 2.24) is 10.1 Å². The number of nitro benzene ring substituents is 1. The Morgan fingerprint density at radius 3 is 2.94 bits per heavy atom. The Labute approximate surface area is 96.6 Å². The van der Waals surface area contributed by atoms with Crippen molar-refractivity contribution in [1.29, 1.82) is 0 Å². The van der Waals surface area contributed by atoms with Crippen LogP contribution in [0.15, 0.2) is 28.8 Å². The second-order valence-electron chi connectivity index (χ2n) is 3.23. The summed E-state index contributed by atoms with van der Waals surface area (Å²) >= 11 is 0. The molecule has 1 aromatic carbocycles. The molecule has 7 heteroatoms. The highest BCUT2D eigenvalue weighted by Gasteiger charge is 2.18. The SMILES string of the molecule is CCNc1nc(-c2ccccc2[N+](=O)[O-])no1. The molecule has 0 aliphatic rings. The summed E-state index contributed by atoms with van der Waals surface area (Å²) < 4.78 is 4.90. The zero-order chi connectivity index (χ0) is 12.3. The molecule has 0 aliphatic heterocycles. The molecule has 7 nitrogen and oxygen atoms in total. The van der Waals surface area contributed by atoms with Gasteiger partial charge >= 0.3 is 6.01 Å². The maximum atomic E-state index is 10.8. The first-order valence-electron chi connectivity index (χ1n) is 5.03. The molecule has 0 spiro atoms. The Morgan fingerprint density at radius 1 is 1.47 bits per heavy atom. The van der Waals surface area contributed by atoms with Crippen LogP contribution in [-0.2, 0) is 0 Å². The van der Waals surface area contributed by atoms with Gasteiger partial charge in [0.2, 0.25) is 5.82 Å². The van der Waals surface area contributed by atoms with Gasteiger partial charge in [0.1, 0.15) is 5.56 Å². The van der Waals surface area contributed by atoms with E-state index >= 15 is 0 Å². The van der Waals surface area contributed by atoms with E-state index in [1.54, 1.807) is 18.2 Å². The van der Waals surface area contributed by atoms with Crippen molar-refractivity contribution < 1.29 is 9.45 Å². The van der Waals surface area contributed by atoms with E-state index in [0.29, 0.717) is 12.1 Å². The molecule has 0 aliphatic carbocycles. The Bertz CT molecular complexity index is 538. The van der Waals surface area contributed by atoms with Gasteiger partial charge in [-0.25, -0.2) is 0 Å². The first kappa shape index (κ1) is 11.1. The molecular weight excluding hydrogens is 224 g/mol. The van der Waals surface area contributed by atoms with Gasteiger partial charge in [-0.15, -0.1) is 0 Å². The zero-order valence-electron chi connectivity index (χ0n) is 9.08. The van der Waals surface area contributed by atoms with Gasteiger partial charge < -0.3 is 9.84 Å². The van der Waals surface area contributed by atoms with Crippen molar-refractivity contribution in [2.45, 2.75) is 6.92 Å². The van der Waals surface area contributed by atoms with E-state index < -0.39 is 4.92 Å². The van der Waals surface area contributed by atoms with Crippen LogP contribution < -0.4 is 5.32 Å². The average molecular weight is 234 g/mol. The summed E-state index contributed by atoms with van der Waals surface area (Å²) in [6.45, 7) is 2.52. The van der Waals surface area contributed by atoms with E-state index in [1.165, 1.54) is 6.07 Å². The molecule has 0 radical (unpaired) electrons. The van der Waals surface area contributed by atoms with Crippen molar-refractivity contribution in [2.75, 3.05) is 11.9 Å². The van der Waals surface area contributed by atoms with Crippen LogP contribution in [0, 0.1) is 10.1 Å². The lowest BCUT2D eigenvalue weighted by atomic mass is 10.2. The van der Waals surface area contributed by atoms with E-state index in [0.717, 1.165) is 0 Å². The predicted octanol–water partition coefficient (Wildman–Crippen LogP) is 2.08. The molecule has 0 atom stereocenters. The third kappa shape index (κ3) is 2.22. The number of hydrogen-bond acceptors (Lipinski definition) is 6. The topological polar surface area (TPSA) is 94.1 Å². The lowest BCUT2D eigenvalue weighted by molar-refractivity contribution is -0.384. The summed E-state index contributed by atoms with van der Waals surface area (Å²) in [7, 11) is 0. The standard InChI is InChI=1S/C10H10N4O3/c1-2-11-10-12-9(13-17-10)7-5-3-4-6-8(7)14(15)16/h3-6H,2H2,1H3,(H,11,12,13). The molecule has 0 unspecified atom stereocenters. The second kappa shape index (κ2) is 4.60. The Hall–Kier alpha value is -2.44. The summed E-state index contributed by atoms with van der Waals surface area (Å²) in [6, 6.07) is 6.51. The fraction of sp³-hybridized carbons (Fsp3) is 0.200. The molecule has 0 fully saturated rings. The van der Waals surface area contributed by atoms with Gasteiger partial charge in [-0.1, -0.05) is 17.3 Å². The molecule has 0 saturated heterocycles. The highest BCUT2D eigenvalue weighted by Crippen LogP contribution is 2.27. The van der Waals surface area contributed by atoms with E-state index in [2.05, 4.69) is 15.5 Å². The van der Waals surface area contributed by atoms with Crippen LogP contribution >= 0.6 is 0 Å². The number of nitro groups is 1. The number of nitrogens with zero attached hydrogens (tertiary/aromatic N) is 3. The number of aromatic nitrogens is 2. The first-order chi connectivity index (χ1) is 8.22. The molecule has 88 valence electrons. The third-order valence-corrected chi connectivity index (χ3v) is 2.10. The van der Waals surface area contributed by atoms with Crippen LogP contribution in [0.4, 0.5) is 11.7 Å². The third-order valence-electron chi connectivity index (χ3n) is 2.10. The van der Waals surface area contributed by atoms with Crippen molar-refractivity contribution in [2.24, 2.45) is 0 Å². The molecule has 0 amide bonds. The molecule has 0 saturated carbocycles. The van der Waals surface area contributed by atoms with Crippen molar-refractivity contribution in [3.8, 4) is 11.4 Å². The van der Waals surface area contributed by atoms with Crippen LogP contribution in [0.25, 0.3) is 11.4 Å². The minimum absolute atomic E-state index is 0.0450. The van der Waals surface area contributed by atoms with Gasteiger partial charge in [0.15, 0.2) is 0 Å². The van der Waals surface area contributed by atoms with E-state index in [-0.39, 0.29) is 17.5 Å². The van der Waals surface area contributed by atoms with Gasteiger partial charge in [0.05, 0.1) is 4.92 Å². The molecule has 0 bridgehead atoms. The quantitative estimate of drug-likeness (QED) is 0.642. The van der Waals surface area contributed by atoms with Crippen LogP contribution in [0.5, 0.6) is 0 Å². The molecular formula is C10H10N4O3. The maximum absolute atomic E-state index is 10.8. The van der Waals surface area contributed by atoms with Crippen molar-refractivity contribution in [3.63, 3.8) is 0 Å². The highest BCUT2D eigenvalue weighted by atomic mass is 16.6. The molecule has 1 N–H and O–H groups in total. The number of hydrogen-bond donors (Lipinski definition) is 1. The fourth-order valence-electron chi connectivity index (χ4n) is 1.38. The molecule has 2 aromatic rings. The molecule has 17 heavy (non-hydrogen) atoms.